The highest BCUT2D eigenvalue weighted by molar-refractivity contribution is 7.84. The predicted octanol–water partition coefficient (Wildman–Crippen LogP) is 4.50. The molecule has 0 radical (unpaired) electrons. The average Bonchev–Trinajstić information content (AvgIpc) is 3.10. The molecule has 0 bridgehead atoms. The highest BCUT2D eigenvalue weighted by Gasteiger charge is 2.23. The molecule has 0 saturated heterocycles. The molecule has 1 amide bonds. The minimum absolute atomic E-state index is 0.0307. The summed E-state index contributed by atoms with van der Waals surface area (Å²) in [7, 11) is 0.587. The summed E-state index contributed by atoms with van der Waals surface area (Å²) in [5.41, 5.74) is 1.63. The van der Waals surface area contributed by atoms with Gasteiger partial charge in [-0.2, -0.15) is 0 Å². The van der Waals surface area contributed by atoms with Crippen molar-refractivity contribution in [2.45, 2.75) is 43.9 Å². The number of amides is 1. The molecule has 1 saturated carbocycles. The fraction of sp³-hybridized carbons (Fsp3) is 0.474. The fourth-order valence-corrected chi connectivity index (χ4v) is 5.56. The lowest BCUT2D eigenvalue weighted by Crippen LogP contribution is -2.40. The van der Waals surface area contributed by atoms with Crippen molar-refractivity contribution >= 4 is 39.6 Å². The van der Waals surface area contributed by atoms with Crippen LogP contribution in [0.3, 0.4) is 0 Å². The second-order valence-corrected chi connectivity index (χ2v) is 9.37. The molecule has 4 nitrogen and oxygen atoms in total. The first kappa shape index (κ1) is 19.5. The Bertz CT molecular complexity index is 787. The number of nitrogens with zero attached hydrogens (tertiary/aromatic N) is 2. The molecule has 3 rings (SSSR count). The fourth-order valence-electron chi connectivity index (χ4n) is 3.26. The number of hydrogen-bond donors (Lipinski definition) is 0. The Morgan fingerprint density at radius 1 is 1.31 bits per heavy atom. The Morgan fingerprint density at radius 2 is 2.04 bits per heavy atom. The van der Waals surface area contributed by atoms with Crippen LogP contribution in [0.4, 0.5) is 0 Å². The normalized spacial score (nSPS) is 16.4. The molecule has 2 aromatic rings. The van der Waals surface area contributed by atoms with Gasteiger partial charge in [0.25, 0.3) is 0 Å². The number of carbonyl (C=O) groups is 1. The quantitative estimate of drug-likeness (QED) is 0.704. The molecule has 0 N–H and O–H groups in total. The molecule has 26 heavy (non-hydrogen) atoms. The monoisotopic (exact) mass is 410 g/mol. The zero-order valence-electron chi connectivity index (χ0n) is 14.8. The van der Waals surface area contributed by atoms with Gasteiger partial charge in [0.2, 0.25) is 5.91 Å². The van der Waals surface area contributed by atoms with E-state index in [1.165, 1.54) is 30.6 Å². The van der Waals surface area contributed by atoms with Crippen molar-refractivity contribution in [1.82, 2.24) is 9.88 Å². The van der Waals surface area contributed by atoms with Crippen LogP contribution < -0.4 is 0 Å². The Kier molecular flexibility index (Phi) is 6.84. The van der Waals surface area contributed by atoms with Gasteiger partial charge in [-0.25, -0.2) is 4.98 Å². The van der Waals surface area contributed by atoms with E-state index >= 15 is 0 Å². The molecule has 140 valence electrons. The highest BCUT2D eigenvalue weighted by Crippen LogP contribution is 2.30. The summed E-state index contributed by atoms with van der Waals surface area (Å²) in [5, 5.41) is 3.36. The second-order valence-electron chi connectivity index (χ2n) is 6.65. The van der Waals surface area contributed by atoms with E-state index in [1.807, 2.05) is 36.7 Å². The minimum atomic E-state index is -1.25. The zero-order chi connectivity index (χ0) is 18.5. The van der Waals surface area contributed by atoms with E-state index in [1.54, 1.807) is 4.90 Å². The van der Waals surface area contributed by atoms with E-state index < -0.39 is 10.8 Å². The molecule has 1 aliphatic carbocycles. The van der Waals surface area contributed by atoms with E-state index in [4.69, 9.17) is 11.6 Å². The molecule has 1 atom stereocenters. The molecule has 1 aliphatic rings. The Hall–Kier alpha value is -1.24. The lowest BCUT2D eigenvalue weighted by molar-refractivity contribution is -0.129. The maximum Gasteiger partial charge on any atom is 0.235 e. The third-order valence-electron chi connectivity index (χ3n) is 4.77. The van der Waals surface area contributed by atoms with Crippen LogP contribution in [0.15, 0.2) is 29.6 Å². The van der Waals surface area contributed by atoms with Gasteiger partial charge in [0.15, 0.2) is 0 Å². The molecule has 1 fully saturated rings. The molecule has 1 aromatic heterocycles. The Morgan fingerprint density at radius 3 is 2.77 bits per heavy atom. The summed E-state index contributed by atoms with van der Waals surface area (Å²) in [6.07, 6.45) is 5.72. The number of carbonyl (C=O) groups excluding carboxylic acids is 1. The number of benzene rings is 1. The summed E-state index contributed by atoms with van der Waals surface area (Å²) >= 11 is 7.69. The van der Waals surface area contributed by atoms with Crippen molar-refractivity contribution in [3.63, 3.8) is 0 Å². The van der Waals surface area contributed by atoms with Crippen molar-refractivity contribution in [2.75, 3.05) is 12.8 Å². The highest BCUT2D eigenvalue weighted by atomic mass is 35.5. The van der Waals surface area contributed by atoms with Gasteiger partial charge >= 0.3 is 0 Å². The van der Waals surface area contributed by atoms with Crippen molar-refractivity contribution in [1.29, 1.82) is 0 Å². The summed E-state index contributed by atoms with van der Waals surface area (Å²) in [6, 6.07) is 7.85. The molecule has 0 aliphatic heterocycles. The smallest absolute Gasteiger partial charge is 0.235 e. The summed E-state index contributed by atoms with van der Waals surface area (Å²) < 4.78 is 12.4. The molecule has 1 unspecified atom stereocenters. The maximum absolute atomic E-state index is 12.4. The zero-order valence-corrected chi connectivity index (χ0v) is 17.2. The van der Waals surface area contributed by atoms with E-state index in [-0.39, 0.29) is 11.7 Å². The molecule has 7 heteroatoms. The van der Waals surface area contributed by atoms with Gasteiger partial charge in [-0.05, 0) is 18.9 Å². The van der Waals surface area contributed by atoms with Crippen LogP contribution in [0.1, 0.15) is 37.8 Å². The Balaban J connectivity index is 1.57. The van der Waals surface area contributed by atoms with Gasteiger partial charge in [0.1, 0.15) is 10.8 Å². The van der Waals surface area contributed by atoms with Crippen molar-refractivity contribution in [2.24, 2.45) is 0 Å². The summed E-state index contributed by atoms with van der Waals surface area (Å²) in [5.74, 6) is 0.328. The van der Waals surface area contributed by atoms with Crippen LogP contribution in [0.2, 0.25) is 5.02 Å². The average molecular weight is 411 g/mol. The van der Waals surface area contributed by atoms with Crippen LogP contribution in [-0.2, 0) is 21.3 Å². The van der Waals surface area contributed by atoms with Crippen molar-refractivity contribution in [3.05, 3.63) is 40.4 Å². The number of halogens is 1. The van der Waals surface area contributed by atoms with Gasteiger partial charge in [-0.1, -0.05) is 49.1 Å². The first-order valence-corrected chi connectivity index (χ1v) is 11.6. The van der Waals surface area contributed by atoms with E-state index in [0.717, 1.165) is 29.1 Å². The third-order valence-corrected chi connectivity index (χ3v) is 7.21. The molecular weight excluding hydrogens is 388 g/mol. The molecule has 1 heterocycles. The van der Waals surface area contributed by atoms with Crippen LogP contribution >= 0.6 is 22.9 Å². The topological polar surface area (TPSA) is 50.3 Å². The number of hydrogen-bond acceptors (Lipinski definition) is 4. The third kappa shape index (κ3) is 4.93. The van der Waals surface area contributed by atoms with E-state index in [9.17, 15) is 9.00 Å². The van der Waals surface area contributed by atoms with Crippen LogP contribution in [0, 0.1) is 0 Å². The van der Waals surface area contributed by atoms with E-state index in [0.29, 0.717) is 16.8 Å². The summed E-state index contributed by atoms with van der Waals surface area (Å²) in [4.78, 5) is 18.8. The molecule has 1 aromatic carbocycles. The summed E-state index contributed by atoms with van der Waals surface area (Å²) in [6.45, 7) is 0. The minimum Gasteiger partial charge on any atom is -0.342 e. The standard InChI is InChI=1S/C19H23ClN2O2S2/c1-22(15-7-3-2-4-8-15)18(23)13-26(24)12-14-11-25-19(21-14)16-9-5-6-10-17(16)20/h5-6,9-11,15H,2-4,7-8,12-13H2,1H3. The predicted molar refractivity (Wildman–Crippen MR) is 109 cm³/mol. The first-order chi connectivity index (χ1) is 12.5. The largest absolute Gasteiger partial charge is 0.342 e. The maximum atomic E-state index is 12.4. The van der Waals surface area contributed by atoms with Crippen LogP contribution in [-0.4, -0.2) is 38.8 Å². The number of thiazole rings is 1. The van der Waals surface area contributed by atoms with Crippen molar-refractivity contribution in [3.8, 4) is 10.6 Å². The number of aromatic nitrogens is 1. The Labute approximate surface area is 166 Å². The van der Waals surface area contributed by atoms with Gasteiger partial charge in [-0.15, -0.1) is 11.3 Å². The second kappa shape index (κ2) is 9.11. The molecule has 0 spiro atoms. The van der Waals surface area contributed by atoms with Crippen molar-refractivity contribution < 1.29 is 9.00 Å². The lowest BCUT2D eigenvalue weighted by Gasteiger charge is -2.31. The lowest BCUT2D eigenvalue weighted by atomic mass is 9.94. The molecular formula is C19H23ClN2O2S2. The van der Waals surface area contributed by atoms with Crippen LogP contribution in [0.25, 0.3) is 10.6 Å². The van der Waals surface area contributed by atoms with Gasteiger partial charge < -0.3 is 4.90 Å². The van der Waals surface area contributed by atoms with E-state index in [2.05, 4.69) is 4.98 Å². The van der Waals surface area contributed by atoms with Gasteiger partial charge in [-0.3, -0.25) is 9.00 Å². The SMILES string of the molecule is CN(C(=O)CS(=O)Cc1csc(-c2ccccc2Cl)n1)C1CCCCC1. The number of rotatable bonds is 6. The van der Waals surface area contributed by atoms with Gasteiger partial charge in [0.05, 0.1) is 16.5 Å². The van der Waals surface area contributed by atoms with Gasteiger partial charge in [0, 0.05) is 34.8 Å². The van der Waals surface area contributed by atoms with Crippen LogP contribution in [0.5, 0.6) is 0 Å². The first-order valence-electron chi connectivity index (χ1n) is 8.84.